The number of ether oxygens (including phenoxy) is 1. The fourth-order valence-corrected chi connectivity index (χ4v) is 3.47. The van der Waals surface area contributed by atoms with Gasteiger partial charge in [0, 0.05) is 11.1 Å². The van der Waals surface area contributed by atoms with Crippen LogP contribution in [0.15, 0.2) is 42.5 Å². The molecule has 0 unspecified atom stereocenters. The van der Waals surface area contributed by atoms with Gasteiger partial charge in [0.15, 0.2) is 6.61 Å². The van der Waals surface area contributed by atoms with Crippen molar-refractivity contribution in [2.75, 3.05) is 11.9 Å². The van der Waals surface area contributed by atoms with E-state index < -0.39 is 23.4 Å². The van der Waals surface area contributed by atoms with Crippen LogP contribution in [-0.4, -0.2) is 33.2 Å². The quantitative estimate of drug-likeness (QED) is 0.303. The number of hydrogen-bond donors (Lipinski definition) is 1. The van der Waals surface area contributed by atoms with Gasteiger partial charge in [-0.1, -0.05) is 47.5 Å². The molecule has 0 aliphatic rings. The van der Waals surface area contributed by atoms with Gasteiger partial charge in [-0.2, -0.15) is 5.10 Å². The van der Waals surface area contributed by atoms with Gasteiger partial charge in [-0.05, 0) is 37.1 Å². The second-order valence-corrected chi connectivity index (χ2v) is 7.67. The Morgan fingerprint density at radius 2 is 1.91 bits per heavy atom. The Morgan fingerprint density at radius 3 is 2.59 bits per heavy atom. The number of anilines is 1. The summed E-state index contributed by atoms with van der Waals surface area (Å²) < 4.78 is 6.46. The molecule has 1 aromatic heterocycles. The molecule has 0 aliphatic heterocycles. The van der Waals surface area contributed by atoms with Crippen LogP contribution >= 0.6 is 23.2 Å². The van der Waals surface area contributed by atoms with Crippen LogP contribution < -0.4 is 5.32 Å². The van der Waals surface area contributed by atoms with Crippen LogP contribution in [0, 0.1) is 24.0 Å². The monoisotopic (exact) mass is 476 g/mol. The van der Waals surface area contributed by atoms with E-state index in [9.17, 15) is 19.7 Å². The van der Waals surface area contributed by atoms with E-state index in [1.165, 1.54) is 16.8 Å². The molecular weight excluding hydrogens is 459 g/mol. The van der Waals surface area contributed by atoms with Crippen molar-refractivity contribution in [3.05, 3.63) is 85.1 Å². The number of nitro benzene ring substituents is 1. The number of aromatic nitrogens is 2. The maximum absolute atomic E-state index is 12.5. The number of carbonyl (C=O) groups excluding carboxylic acids is 2. The van der Waals surface area contributed by atoms with Crippen LogP contribution in [0.1, 0.15) is 27.2 Å². The van der Waals surface area contributed by atoms with E-state index in [-0.39, 0.29) is 28.6 Å². The highest BCUT2D eigenvalue weighted by molar-refractivity contribution is 6.33. The molecule has 0 spiro atoms. The molecule has 0 radical (unpaired) electrons. The number of hydrogen-bond acceptors (Lipinski definition) is 6. The average molecular weight is 477 g/mol. The molecule has 1 amide bonds. The third-order valence-corrected chi connectivity index (χ3v) is 5.26. The molecule has 1 heterocycles. The Balaban J connectivity index is 1.68. The van der Waals surface area contributed by atoms with Gasteiger partial charge in [0.05, 0.1) is 17.2 Å². The zero-order valence-electron chi connectivity index (χ0n) is 17.1. The minimum absolute atomic E-state index is 0.00317. The normalized spacial score (nSPS) is 10.6. The number of nitrogens with one attached hydrogen (secondary N) is 1. The number of amides is 1. The van der Waals surface area contributed by atoms with Crippen molar-refractivity contribution < 1.29 is 19.2 Å². The molecule has 11 heteroatoms. The summed E-state index contributed by atoms with van der Waals surface area (Å²) in [6, 6.07) is 11.5. The van der Waals surface area contributed by atoms with Crippen LogP contribution in [0.25, 0.3) is 0 Å². The molecule has 0 saturated carbocycles. The molecule has 166 valence electrons. The second kappa shape index (κ2) is 9.80. The van der Waals surface area contributed by atoms with Crippen LogP contribution in [0.2, 0.25) is 10.2 Å². The number of benzene rings is 2. The van der Waals surface area contributed by atoms with Gasteiger partial charge in [-0.3, -0.25) is 14.9 Å². The highest BCUT2D eigenvalue weighted by Gasteiger charge is 2.23. The first-order chi connectivity index (χ1) is 15.2. The Bertz CT molecular complexity index is 1210. The van der Waals surface area contributed by atoms with E-state index in [0.29, 0.717) is 16.3 Å². The SMILES string of the molecule is Cc1ccc(NC(=O)COC(=O)c2c(C)nn(Cc3ccccc3Cl)c2Cl)c([N+](=O)[O-])c1. The van der Waals surface area contributed by atoms with Crippen molar-refractivity contribution in [2.45, 2.75) is 20.4 Å². The minimum Gasteiger partial charge on any atom is -0.452 e. The number of nitro groups is 1. The lowest BCUT2D eigenvalue weighted by atomic mass is 10.2. The maximum atomic E-state index is 12.5. The predicted molar refractivity (Wildman–Crippen MR) is 119 cm³/mol. The van der Waals surface area contributed by atoms with Crippen molar-refractivity contribution in [3.63, 3.8) is 0 Å². The lowest BCUT2D eigenvalue weighted by Gasteiger charge is -2.08. The third-order valence-electron chi connectivity index (χ3n) is 4.51. The number of halogens is 2. The van der Waals surface area contributed by atoms with E-state index in [1.807, 2.05) is 12.1 Å². The maximum Gasteiger partial charge on any atom is 0.343 e. The molecule has 3 rings (SSSR count). The molecule has 2 aromatic carbocycles. The Morgan fingerprint density at radius 1 is 1.19 bits per heavy atom. The number of esters is 1. The van der Waals surface area contributed by atoms with Crippen LogP contribution in [-0.2, 0) is 16.1 Å². The second-order valence-electron chi connectivity index (χ2n) is 6.90. The molecule has 0 saturated heterocycles. The van der Waals surface area contributed by atoms with Crippen molar-refractivity contribution in [3.8, 4) is 0 Å². The molecule has 3 aromatic rings. The van der Waals surface area contributed by atoms with E-state index in [4.69, 9.17) is 27.9 Å². The largest absolute Gasteiger partial charge is 0.452 e. The lowest BCUT2D eigenvalue weighted by Crippen LogP contribution is -2.21. The van der Waals surface area contributed by atoms with Gasteiger partial charge in [0.2, 0.25) is 0 Å². The highest BCUT2D eigenvalue weighted by atomic mass is 35.5. The van der Waals surface area contributed by atoms with Gasteiger partial charge in [-0.25, -0.2) is 9.48 Å². The minimum atomic E-state index is -0.841. The van der Waals surface area contributed by atoms with Gasteiger partial charge < -0.3 is 10.1 Å². The van der Waals surface area contributed by atoms with Crippen molar-refractivity contribution in [1.29, 1.82) is 0 Å². The molecule has 0 fully saturated rings. The molecule has 0 bridgehead atoms. The molecular formula is C21H18Cl2N4O5. The number of rotatable bonds is 7. The molecule has 32 heavy (non-hydrogen) atoms. The standard InChI is InChI=1S/C21H18Cl2N4O5/c1-12-7-8-16(17(9-12)27(30)31)24-18(28)11-32-21(29)19-13(2)25-26(20(19)23)10-14-5-3-4-6-15(14)22/h3-9H,10-11H2,1-2H3,(H,24,28). The van der Waals surface area contributed by atoms with E-state index >= 15 is 0 Å². The fourth-order valence-electron chi connectivity index (χ4n) is 2.97. The zero-order chi connectivity index (χ0) is 23.4. The van der Waals surface area contributed by atoms with Gasteiger partial charge >= 0.3 is 5.97 Å². The highest BCUT2D eigenvalue weighted by Crippen LogP contribution is 2.26. The first kappa shape index (κ1) is 23.2. The van der Waals surface area contributed by atoms with Gasteiger partial charge in [0.25, 0.3) is 11.6 Å². The predicted octanol–water partition coefficient (Wildman–Crippen LogP) is 4.56. The summed E-state index contributed by atoms with van der Waals surface area (Å²) in [5, 5.41) is 18.4. The zero-order valence-corrected chi connectivity index (χ0v) is 18.6. The summed E-state index contributed by atoms with van der Waals surface area (Å²) in [6.45, 7) is 2.86. The van der Waals surface area contributed by atoms with Crippen LogP contribution in [0.3, 0.4) is 0 Å². The summed E-state index contributed by atoms with van der Waals surface area (Å²) in [5.41, 5.74) is 1.51. The summed E-state index contributed by atoms with van der Waals surface area (Å²) in [4.78, 5) is 35.3. The summed E-state index contributed by atoms with van der Waals surface area (Å²) in [5.74, 6) is -1.57. The topological polar surface area (TPSA) is 116 Å². The average Bonchev–Trinajstić information content (AvgIpc) is 3.02. The van der Waals surface area contributed by atoms with E-state index in [0.717, 1.165) is 5.56 Å². The van der Waals surface area contributed by atoms with Gasteiger partial charge in [-0.15, -0.1) is 0 Å². The van der Waals surface area contributed by atoms with Crippen LogP contribution in [0.5, 0.6) is 0 Å². The molecule has 1 N–H and O–H groups in total. The smallest absolute Gasteiger partial charge is 0.343 e. The van der Waals surface area contributed by atoms with Gasteiger partial charge in [0.1, 0.15) is 16.4 Å². The van der Waals surface area contributed by atoms with Crippen molar-refractivity contribution >= 4 is 46.5 Å². The van der Waals surface area contributed by atoms with Crippen molar-refractivity contribution in [1.82, 2.24) is 9.78 Å². The van der Waals surface area contributed by atoms with Crippen molar-refractivity contribution in [2.24, 2.45) is 0 Å². The summed E-state index contributed by atoms with van der Waals surface area (Å²) in [7, 11) is 0. The first-order valence-electron chi connectivity index (χ1n) is 9.35. The molecule has 0 aliphatic carbocycles. The number of nitrogens with zero attached hydrogens (tertiary/aromatic N) is 3. The lowest BCUT2D eigenvalue weighted by molar-refractivity contribution is -0.384. The summed E-state index contributed by atoms with van der Waals surface area (Å²) >= 11 is 12.5. The Hall–Kier alpha value is -3.43. The Kier molecular flexibility index (Phi) is 7.12. The van der Waals surface area contributed by atoms with E-state index in [2.05, 4.69) is 10.4 Å². The fraction of sp³-hybridized carbons (Fsp3) is 0.190. The number of carbonyl (C=O) groups is 2. The first-order valence-corrected chi connectivity index (χ1v) is 10.1. The molecule has 9 nitrogen and oxygen atoms in total. The summed E-state index contributed by atoms with van der Waals surface area (Å²) in [6.07, 6.45) is 0. The van der Waals surface area contributed by atoms with E-state index in [1.54, 1.807) is 32.0 Å². The third kappa shape index (κ3) is 5.24. The number of aryl methyl sites for hydroxylation is 2. The Labute approximate surface area is 193 Å². The van der Waals surface area contributed by atoms with Crippen LogP contribution in [0.4, 0.5) is 11.4 Å². The molecule has 0 atom stereocenters.